The molecular weight excluding hydrogens is 220 g/mol. The summed E-state index contributed by atoms with van der Waals surface area (Å²) in [4.78, 5) is 11.2. The number of fused-ring (bicyclic) bond motifs is 1. The summed E-state index contributed by atoms with van der Waals surface area (Å²) >= 11 is 0. The topological polar surface area (TPSA) is 68.5 Å². The maximum Gasteiger partial charge on any atom is 0.322 e. The molecule has 0 amide bonds. The van der Waals surface area contributed by atoms with Gasteiger partial charge in [0, 0.05) is 6.20 Å². The molecule has 0 saturated heterocycles. The molecule has 6 nitrogen and oxygen atoms in total. The van der Waals surface area contributed by atoms with Gasteiger partial charge >= 0.3 is 5.97 Å². The van der Waals surface area contributed by atoms with Crippen molar-refractivity contribution in [3.8, 4) is 0 Å². The van der Waals surface area contributed by atoms with Crippen LogP contribution in [-0.2, 0) is 16.1 Å². The fraction of sp³-hybridized carbons (Fsp3) is 0.364. The lowest BCUT2D eigenvalue weighted by molar-refractivity contribution is -0.142. The molecule has 1 unspecified atom stereocenters. The second kappa shape index (κ2) is 4.92. The van der Waals surface area contributed by atoms with Gasteiger partial charge in [-0.2, -0.15) is 0 Å². The molecule has 0 aromatic carbocycles. The van der Waals surface area contributed by atoms with E-state index in [0.29, 0.717) is 6.54 Å². The van der Waals surface area contributed by atoms with E-state index in [-0.39, 0.29) is 12.0 Å². The van der Waals surface area contributed by atoms with Crippen LogP contribution < -0.4 is 5.32 Å². The largest absolute Gasteiger partial charge is 0.468 e. The highest BCUT2D eigenvalue weighted by molar-refractivity contribution is 5.75. The molecule has 0 aliphatic rings. The van der Waals surface area contributed by atoms with Crippen LogP contribution in [0.1, 0.15) is 12.7 Å². The van der Waals surface area contributed by atoms with Crippen LogP contribution in [0.25, 0.3) is 5.65 Å². The van der Waals surface area contributed by atoms with Crippen molar-refractivity contribution in [2.24, 2.45) is 0 Å². The molecule has 1 N–H and O–H groups in total. The molecule has 1 atom stereocenters. The fourth-order valence-corrected chi connectivity index (χ4v) is 1.52. The number of carbonyl (C=O) groups is 1. The highest BCUT2D eigenvalue weighted by Crippen LogP contribution is 2.02. The molecule has 0 radical (unpaired) electrons. The first-order chi connectivity index (χ1) is 8.22. The van der Waals surface area contributed by atoms with E-state index >= 15 is 0 Å². The minimum absolute atomic E-state index is 0.293. The zero-order valence-electron chi connectivity index (χ0n) is 9.75. The molecule has 17 heavy (non-hydrogen) atoms. The molecule has 0 saturated carbocycles. The Hall–Kier alpha value is -1.95. The summed E-state index contributed by atoms with van der Waals surface area (Å²) in [5.41, 5.74) is 0.787. The van der Waals surface area contributed by atoms with Gasteiger partial charge in [0.1, 0.15) is 6.04 Å². The van der Waals surface area contributed by atoms with Gasteiger partial charge in [0.2, 0.25) is 0 Å². The van der Waals surface area contributed by atoms with Gasteiger partial charge in [-0.25, -0.2) is 0 Å². The number of pyridine rings is 1. The average molecular weight is 234 g/mol. The van der Waals surface area contributed by atoms with E-state index in [9.17, 15) is 4.79 Å². The molecule has 0 fully saturated rings. The maximum atomic E-state index is 11.2. The smallest absolute Gasteiger partial charge is 0.322 e. The van der Waals surface area contributed by atoms with Crippen molar-refractivity contribution in [3.63, 3.8) is 0 Å². The summed E-state index contributed by atoms with van der Waals surface area (Å²) < 4.78 is 6.50. The predicted octanol–water partition coefficient (Wildman–Crippen LogP) is 0.380. The number of aromatic nitrogens is 3. The van der Waals surface area contributed by atoms with Gasteiger partial charge in [0.05, 0.1) is 13.7 Å². The molecule has 2 heterocycles. The first-order valence-electron chi connectivity index (χ1n) is 5.32. The summed E-state index contributed by atoms with van der Waals surface area (Å²) in [6.45, 7) is 2.20. The number of carbonyl (C=O) groups excluding carboxylic acids is 1. The Morgan fingerprint density at radius 2 is 2.35 bits per heavy atom. The Kier molecular flexibility index (Phi) is 3.34. The number of hydrogen-bond donors (Lipinski definition) is 1. The van der Waals surface area contributed by atoms with Crippen LogP contribution in [0.15, 0.2) is 24.4 Å². The molecule has 2 aromatic heterocycles. The van der Waals surface area contributed by atoms with Crippen molar-refractivity contribution in [1.29, 1.82) is 0 Å². The summed E-state index contributed by atoms with van der Waals surface area (Å²) in [5, 5.41) is 11.1. The molecular formula is C11H14N4O2. The second-order valence-corrected chi connectivity index (χ2v) is 3.67. The molecule has 90 valence electrons. The average Bonchev–Trinajstić information content (AvgIpc) is 2.78. The van der Waals surface area contributed by atoms with Crippen LogP contribution in [0.4, 0.5) is 0 Å². The SMILES string of the molecule is COC(=O)C(C)NCc1nnc2ccccn12. The standard InChI is InChI=1S/C11H14N4O2/c1-8(11(16)17-2)12-7-10-14-13-9-5-3-4-6-15(9)10/h3-6,8,12H,7H2,1-2H3. The third kappa shape index (κ3) is 2.42. The molecule has 2 rings (SSSR count). The summed E-state index contributed by atoms with van der Waals surface area (Å²) in [6.07, 6.45) is 1.88. The van der Waals surface area contributed by atoms with Crippen molar-refractivity contribution < 1.29 is 9.53 Å². The van der Waals surface area contributed by atoms with Crippen molar-refractivity contribution in [2.45, 2.75) is 19.5 Å². The first-order valence-corrected chi connectivity index (χ1v) is 5.32. The molecule has 0 aliphatic heterocycles. The third-order valence-corrected chi connectivity index (χ3v) is 2.51. The molecule has 0 bridgehead atoms. The molecule has 6 heteroatoms. The lowest BCUT2D eigenvalue weighted by Gasteiger charge is -2.10. The number of nitrogens with one attached hydrogen (secondary N) is 1. The van der Waals surface area contributed by atoms with Crippen molar-refractivity contribution in [2.75, 3.05) is 7.11 Å². The first kappa shape index (κ1) is 11.5. The maximum absolute atomic E-state index is 11.2. The van der Waals surface area contributed by atoms with E-state index in [1.54, 1.807) is 6.92 Å². The number of esters is 1. The van der Waals surface area contributed by atoms with Crippen LogP contribution in [0.2, 0.25) is 0 Å². The lowest BCUT2D eigenvalue weighted by atomic mass is 10.3. The van der Waals surface area contributed by atoms with Crippen LogP contribution in [0.5, 0.6) is 0 Å². The number of rotatable bonds is 4. The zero-order valence-corrected chi connectivity index (χ0v) is 9.75. The van der Waals surface area contributed by atoms with E-state index in [0.717, 1.165) is 11.5 Å². The van der Waals surface area contributed by atoms with Crippen molar-refractivity contribution in [1.82, 2.24) is 19.9 Å². The van der Waals surface area contributed by atoms with Gasteiger partial charge in [0.15, 0.2) is 11.5 Å². The Morgan fingerprint density at radius 1 is 1.53 bits per heavy atom. The zero-order chi connectivity index (χ0) is 12.3. The number of ether oxygens (including phenoxy) is 1. The quantitative estimate of drug-likeness (QED) is 0.774. The van der Waals surface area contributed by atoms with E-state index in [4.69, 9.17) is 0 Å². The third-order valence-electron chi connectivity index (χ3n) is 2.51. The minimum atomic E-state index is -0.365. The van der Waals surface area contributed by atoms with E-state index in [1.165, 1.54) is 7.11 Å². The van der Waals surface area contributed by atoms with Crippen molar-refractivity contribution >= 4 is 11.6 Å². The minimum Gasteiger partial charge on any atom is -0.468 e. The van der Waals surface area contributed by atoms with E-state index in [1.807, 2.05) is 28.8 Å². The van der Waals surface area contributed by atoms with Gasteiger partial charge in [-0.1, -0.05) is 6.07 Å². The Labute approximate surface area is 98.6 Å². The van der Waals surface area contributed by atoms with E-state index < -0.39 is 0 Å². The monoisotopic (exact) mass is 234 g/mol. The molecule has 0 spiro atoms. The van der Waals surface area contributed by atoms with Crippen LogP contribution >= 0.6 is 0 Å². The summed E-state index contributed by atoms with van der Waals surface area (Å²) in [5.74, 6) is 0.468. The second-order valence-electron chi connectivity index (χ2n) is 3.67. The van der Waals surface area contributed by atoms with E-state index in [2.05, 4.69) is 20.3 Å². The molecule has 0 aliphatic carbocycles. The summed E-state index contributed by atoms with van der Waals surface area (Å²) in [6, 6.07) is 5.32. The number of nitrogens with zero attached hydrogens (tertiary/aromatic N) is 3. The van der Waals surface area contributed by atoms with Gasteiger partial charge in [0.25, 0.3) is 0 Å². The highest BCUT2D eigenvalue weighted by Gasteiger charge is 2.13. The lowest BCUT2D eigenvalue weighted by Crippen LogP contribution is -2.34. The van der Waals surface area contributed by atoms with Crippen molar-refractivity contribution in [3.05, 3.63) is 30.2 Å². The normalized spacial score (nSPS) is 12.6. The van der Waals surface area contributed by atoms with Gasteiger partial charge in [-0.15, -0.1) is 10.2 Å². The van der Waals surface area contributed by atoms with Crippen LogP contribution in [0, 0.1) is 0 Å². The fourth-order valence-electron chi connectivity index (χ4n) is 1.52. The Balaban J connectivity index is 2.07. The van der Waals surface area contributed by atoms with Gasteiger partial charge in [-0.3, -0.25) is 14.5 Å². The van der Waals surface area contributed by atoms with Gasteiger partial charge in [-0.05, 0) is 19.1 Å². The van der Waals surface area contributed by atoms with Gasteiger partial charge < -0.3 is 4.74 Å². The van der Waals surface area contributed by atoms with Crippen LogP contribution in [-0.4, -0.2) is 33.7 Å². The predicted molar refractivity (Wildman–Crippen MR) is 61.3 cm³/mol. The molecule has 2 aromatic rings. The van der Waals surface area contributed by atoms with Crippen LogP contribution in [0.3, 0.4) is 0 Å². The highest BCUT2D eigenvalue weighted by atomic mass is 16.5. The summed E-state index contributed by atoms with van der Waals surface area (Å²) in [7, 11) is 1.37. The Morgan fingerprint density at radius 3 is 3.12 bits per heavy atom. The number of hydrogen-bond acceptors (Lipinski definition) is 5. The number of methoxy groups -OCH3 is 1. The Bertz CT molecular complexity index is 523.